The molecule has 1 saturated heterocycles. The molecule has 1 aliphatic heterocycles. The first-order valence-electron chi connectivity index (χ1n) is 10.3. The van der Waals surface area contributed by atoms with Crippen LogP contribution in [0.1, 0.15) is 12.8 Å². The van der Waals surface area contributed by atoms with Crippen LogP contribution in [0, 0.1) is 10.1 Å². The van der Waals surface area contributed by atoms with Gasteiger partial charge < -0.3 is 9.30 Å². The van der Waals surface area contributed by atoms with Crippen LogP contribution in [0.25, 0.3) is 10.2 Å². The fraction of sp³-hybridized carbons (Fsp3) is 0.286. The van der Waals surface area contributed by atoms with E-state index in [9.17, 15) is 28.1 Å². The average molecular weight is 539 g/mol. The van der Waals surface area contributed by atoms with Gasteiger partial charge in [0, 0.05) is 23.7 Å². The Morgan fingerprint density at radius 3 is 2.63 bits per heavy atom. The normalized spacial score (nSPS) is 17.1. The highest BCUT2D eigenvalue weighted by Crippen LogP contribution is 2.28. The molecule has 0 bridgehead atoms. The number of nitro benzene ring substituents is 1. The van der Waals surface area contributed by atoms with Crippen LogP contribution in [0.5, 0.6) is 0 Å². The van der Waals surface area contributed by atoms with Gasteiger partial charge in [-0.15, -0.1) is 0 Å². The van der Waals surface area contributed by atoms with E-state index in [4.69, 9.17) is 16.3 Å². The van der Waals surface area contributed by atoms with Crippen molar-refractivity contribution >= 4 is 60.7 Å². The predicted molar refractivity (Wildman–Crippen MR) is 127 cm³/mol. The number of esters is 1. The monoisotopic (exact) mass is 538 g/mol. The Kier molecular flexibility index (Phi) is 7.03. The van der Waals surface area contributed by atoms with Crippen molar-refractivity contribution in [2.45, 2.75) is 30.3 Å². The molecule has 0 radical (unpaired) electrons. The minimum atomic E-state index is -3.97. The van der Waals surface area contributed by atoms with E-state index < -0.39 is 32.9 Å². The molecule has 2 heterocycles. The van der Waals surface area contributed by atoms with Crippen LogP contribution in [0.3, 0.4) is 0 Å². The van der Waals surface area contributed by atoms with Crippen molar-refractivity contribution in [2.24, 2.45) is 4.99 Å². The molecule has 0 saturated carbocycles. The van der Waals surface area contributed by atoms with Crippen molar-refractivity contribution < 1.29 is 27.7 Å². The molecule has 14 heteroatoms. The number of fused-ring (bicyclic) bond motifs is 1. The molecule has 3 aromatic rings. The van der Waals surface area contributed by atoms with Gasteiger partial charge in [0.15, 0.2) is 4.80 Å². The molecule has 4 rings (SSSR count). The van der Waals surface area contributed by atoms with Crippen molar-refractivity contribution in [1.29, 1.82) is 0 Å². The minimum Gasteiger partial charge on any atom is -0.468 e. The number of non-ortho nitro benzene ring substituents is 1. The number of halogens is 1. The Balaban J connectivity index is 1.75. The first kappa shape index (κ1) is 25.0. The van der Waals surface area contributed by atoms with E-state index in [0.717, 1.165) is 15.6 Å². The van der Waals surface area contributed by atoms with Crippen LogP contribution >= 0.6 is 22.9 Å². The number of rotatable bonds is 6. The molecular weight excluding hydrogens is 520 g/mol. The van der Waals surface area contributed by atoms with Crippen LogP contribution in [0.15, 0.2) is 52.4 Å². The molecule has 1 unspecified atom stereocenters. The topological polar surface area (TPSA) is 141 Å². The van der Waals surface area contributed by atoms with Crippen LogP contribution in [-0.2, 0) is 30.9 Å². The third-order valence-electron chi connectivity index (χ3n) is 5.51. The van der Waals surface area contributed by atoms with Gasteiger partial charge in [-0.05, 0) is 43.2 Å². The number of amides is 1. The second-order valence-electron chi connectivity index (χ2n) is 7.63. The summed E-state index contributed by atoms with van der Waals surface area (Å²) in [6.07, 6.45) is 0.752. The summed E-state index contributed by atoms with van der Waals surface area (Å²) in [4.78, 5) is 40.0. The molecule has 0 aliphatic carbocycles. The van der Waals surface area contributed by atoms with Crippen molar-refractivity contribution in [1.82, 2.24) is 8.87 Å². The second-order valence-corrected chi connectivity index (χ2v) is 11.0. The molecule has 184 valence electrons. The highest BCUT2D eigenvalue weighted by Gasteiger charge is 2.39. The van der Waals surface area contributed by atoms with Gasteiger partial charge in [-0.3, -0.25) is 19.7 Å². The van der Waals surface area contributed by atoms with Gasteiger partial charge in [-0.25, -0.2) is 8.42 Å². The smallest absolute Gasteiger partial charge is 0.325 e. The lowest BCUT2D eigenvalue weighted by atomic mass is 10.2. The lowest BCUT2D eigenvalue weighted by Gasteiger charge is -2.21. The van der Waals surface area contributed by atoms with Crippen molar-refractivity contribution in [3.63, 3.8) is 0 Å². The van der Waals surface area contributed by atoms with E-state index in [1.165, 1.54) is 54.1 Å². The fourth-order valence-electron chi connectivity index (χ4n) is 3.79. The summed E-state index contributed by atoms with van der Waals surface area (Å²) in [5.74, 6) is -1.30. The number of carbonyl (C=O) groups excluding carboxylic acids is 2. The Morgan fingerprint density at radius 2 is 1.97 bits per heavy atom. The first-order chi connectivity index (χ1) is 16.6. The number of sulfonamides is 1. The van der Waals surface area contributed by atoms with Crippen molar-refractivity contribution in [3.8, 4) is 0 Å². The fourth-order valence-corrected chi connectivity index (χ4v) is 6.64. The van der Waals surface area contributed by atoms with E-state index in [-0.39, 0.29) is 34.9 Å². The van der Waals surface area contributed by atoms with Crippen LogP contribution in [0.4, 0.5) is 5.69 Å². The van der Waals surface area contributed by atoms with Crippen LogP contribution in [0.2, 0.25) is 5.02 Å². The highest BCUT2D eigenvalue weighted by molar-refractivity contribution is 7.89. The summed E-state index contributed by atoms with van der Waals surface area (Å²) in [6.45, 7) is -0.129. The van der Waals surface area contributed by atoms with Gasteiger partial charge in [0.05, 0.1) is 27.1 Å². The molecule has 1 atom stereocenters. The van der Waals surface area contributed by atoms with E-state index >= 15 is 0 Å². The molecule has 2 aromatic carbocycles. The highest BCUT2D eigenvalue weighted by atomic mass is 35.5. The van der Waals surface area contributed by atoms with E-state index in [0.29, 0.717) is 21.7 Å². The van der Waals surface area contributed by atoms with Gasteiger partial charge >= 0.3 is 5.97 Å². The standard InChI is InChI=1S/C21H19ClN4O7S2/c1-33-19(27)12-24-16-9-6-14(26(29)30)11-18(16)34-21(24)23-20(28)17-3-2-10-25(17)35(31,32)15-7-4-13(22)5-8-15/h4-9,11,17H,2-3,10,12H2,1H3. The maximum atomic E-state index is 13.2. The van der Waals surface area contributed by atoms with Crippen LogP contribution in [-0.4, -0.2) is 53.8 Å². The number of methoxy groups -OCH3 is 1. The summed E-state index contributed by atoms with van der Waals surface area (Å²) in [5.41, 5.74) is 0.299. The SMILES string of the molecule is COC(=O)Cn1c(=NC(=O)C2CCCN2S(=O)(=O)c2ccc(Cl)cc2)sc2cc([N+](=O)[O-])ccc21. The minimum absolute atomic E-state index is 0.0107. The van der Waals surface area contributed by atoms with Crippen molar-refractivity contribution in [2.75, 3.05) is 13.7 Å². The zero-order valence-electron chi connectivity index (χ0n) is 18.3. The van der Waals surface area contributed by atoms with Gasteiger partial charge in [0.2, 0.25) is 10.0 Å². The molecule has 1 aliphatic rings. The van der Waals surface area contributed by atoms with Gasteiger partial charge in [-0.1, -0.05) is 22.9 Å². The molecule has 35 heavy (non-hydrogen) atoms. The number of thiazole rings is 1. The van der Waals surface area contributed by atoms with Crippen LogP contribution < -0.4 is 4.80 Å². The number of nitrogens with zero attached hydrogens (tertiary/aromatic N) is 4. The summed E-state index contributed by atoms with van der Waals surface area (Å²) in [6, 6.07) is 8.70. The lowest BCUT2D eigenvalue weighted by Crippen LogP contribution is -2.40. The number of aromatic nitrogens is 1. The third-order valence-corrected chi connectivity index (χ3v) is 8.72. The molecule has 1 aromatic heterocycles. The maximum absolute atomic E-state index is 13.2. The number of nitro groups is 1. The Hall–Kier alpha value is -3.13. The van der Waals surface area contributed by atoms with Gasteiger partial charge in [-0.2, -0.15) is 9.30 Å². The zero-order chi connectivity index (χ0) is 25.3. The third kappa shape index (κ3) is 4.98. The first-order valence-corrected chi connectivity index (χ1v) is 13.0. The van der Waals surface area contributed by atoms with Gasteiger partial charge in [0.1, 0.15) is 12.6 Å². The van der Waals surface area contributed by atoms with Gasteiger partial charge in [0.25, 0.3) is 11.6 Å². The summed E-state index contributed by atoms with van der Waals surface area (Å²) >= 11 is 6.85. The van der Waals surface area contributed by atoms with E-state index in [1.54, 1.807) is 0 Å². The Bertz CT molecular complexity index is 1500. The lowest BCUT2D eigenvalue weighted by molar-refractivity contribution is -0.384. The second kappa shape index (κ2) is 9.85. The van der Waals surface area contributed by atoms with E-state index in [1.807, 2.05) is 0 Å². The molecule has 0 N–H and O–H groups in total. The molecule has 0 spiro atoms. The largest absolute Gasteiger partial charge is 0.468 e. The molecule has 1 fully saturated rings. The van der Waals surface area contributed by atoms with Crippen molar-refractivity contribution in [3.05, 3.63) is 62.4 Å². The Labute approximate surface area is 208 Å². The molecule has 1 amide bonds. The number of ether oxygens (including phenoxy) is 1. The number of carbonyl (C=O) groups is 2. The number of hydrogen-bond donors (Lipinski definition) is 0. The number of hydrogen-bond acceptors (Lipinski definition) is 8. The van der Waals surface area contributed by atoms with E-state index in [2.05, 4.69) is 4.99 Å². The summed E-state index contributed by atoms with van der Waals surface area (Å²) in [7, 11) is -2.76. The maximum Gasteiger partial charge on any atom is 0.325 e. The average Bonchev–Trinajstić information content (AvgIpc) is 3.45. The molecule has 11 nitrogen and oxygen atoms in total. The zero-order valence-corrected chi connectivity index (χ0v) is 20.7. The summed E-state index contributed by atoms with van der Waals surface area (Å²) < 4.78 is 34.0. The predicted octanol–water partition coefficient (Wildman–Crippen LogP) is 2.72. The number of benzene rings is 2. The quantitative estimate of drug-likeness (QED) is 0.267. The Morgan fingerprint density at radius 1 is 1.26 bits per heavy atom. The summed E-state index contributed by atoms with van der Waals surface area (Å²) in [5, 5.41) is 11.5. The molecular formula is C21H19ClN4O7S2.